The molecule has 2 heterocycles. The summed E-state index contributed by atoms with van der Waals surface area (Å²) in [5, 5.41) is 26.7. The fourth-order valence-electron chi connectivity index (χ4n) is 2.48. The van der Waals surface area contributed by atoms with E-state index in [0.29, 0.717) is 4.88 Å². The zero-order valence-corrected chi connectivity index (χ0v) is 14.8. The van der Waals surface area contributed by atoms with E-state index in [1.807, 2.05) is 0 Å². The first-order valence-electron chi connectivity index (χ1n) is 7.44. The number of carbonyl (C=O) groups is 1. The van der Waals surface area contributed by atoms with Crippen molar-refractivity contribution in [2.75, 3.05) is 6.54 Å². The summed E-state index contributed by atoms with van der Waals surface area (Å²) < 4.78 is 5.32. The smallest absolute Gasteiger partial charge is 0.282 e. The minimum atomic E-state index is -1.60. The number of hydrogen-bond donors (Lipinski definition) is 2. The molecule has 1 aromatic carbocycles. The van der Waals surface area contributed by atoms with Gasteiger partial charge in [0.15, 0.2) is 5.60 Å². The Morgan fingerprint density at radius 3 is 2.77 bits per heavy atom. The van der Waals surface area contributed by atoms with E-state index >= 15 is 0 Å². The van der Waals surface area contributed by atoms with E-state index in [-0.39, 0.29) is 28.6 Å². The van der Waals surface area contributed by atoms with Gasteiger partial charge in [-0.05, 0) is 35.7 Å². The topological polar surface area (TPSA) is 106 Å². The second kappa shape index (κ2) is 7.28. The van der Waals surface area contributed by atoms with Crippen molar-refractivity contribution >= 4 is 34.5 Å². The number of halogens is 1. The van der Waals surface area contributed by atoms with Gasteiger partial charge in [-0.25, -0.2) is 0 Å². The van der Waals surface area contributed by atoms with Gasteiger partial charge in [-0.3, -0.25) is 14.9 Å². The lowest BCUT2D eigenvalue weighted by molar-refractivity contribution is -0.385. The van der Waals surface area contributed by atoms with Gasteiger partial charge in [0.1, 0.15) is 11.3 Å². The van der Waals surface area contributed by atoms with E-state index < -0.39 is 16.4 Å². The third-order valence-corrected chi connectivity index (χ3v) is 5.02. The number of amides is 1. The fourth-order valence-corrected chi connectivity index (χ4v) is 3.48. The Balaban J connectivity index is 1.88. The van der Waals surface area contributed by atoms with Crippen LogP contribution in [-0.4, -0.2) is 22.5 Å². The van der Waals surface area contributed by atoms with Gasteiger partial charge < -0.3 is 14.8 Å². The van der Waals surface area contributed by atoms with Gasteiger partial charge >= 0.3 is 0 Å². The van der Waals surface area contributed by atoms with Gasteiger partial charge in [0.05, 0.1) is 17.7 Å². The molecule has 26 heavy (non-hydrogen) atoms. The van der Waals surface area contributed by atoms with Crippen LogP contribution < -0.4 is 5.32 Å². The molecule has 0 spiro atoms. The number of carbonyl (C=O) groups excluding carboxylic acids is 1. The number of rotatable bonds is 6. The van der Waals surface area contributed by atoms with Crippen LogP contribution in [0.5, 0.6) is 0 Å². The van der Waals surface area contributed by atoms with Crippen molar-refractivity contribution in [2.45, 2.75) is 5.60 Å². The van der Waals surface area contributed by atoms with Crippen LogP contribution >= 0.6 is 22.9 Å². The van der Waals surface area contributed by atoms with Crippen LogP contribution in [0.25, 0.3) is 0 Å². The predicted octanol–water partition coefficient (Wildman–Crippen LogP) is 3.57. The average molecular weight is 393 g/mol. The average Bonchev–Trinajstić information content (AvgIpc) is 3.32. The molecule has 3 rings (SSSR count). The van der Waals surface area contributed by atoms with E-state index in [4.69, 9.17) is 16.0 Å². The van der Waals surface area contributed by atoms with Gasteiger partial charge in [0.25, 0.3) is 11.6 Å². The Labute approximate surface area is 157 Å². The maximum Gasteiger partial charge on any atom is 0.282 e. The number of aliphatic hydroxyl groups is 1. The standard InChI is InChI=1S/C17H13ClN2O5S/c18-11-5-6-13(20(23)24)12(9-11)16(21)19-10-17(22,14-3-1-7-25-14)15-4-2-8-26-15/h1-9,22H,10H2,(H,19,21). The van der Waals surface area contributed by atoms with Crippen LogP contribution in [0.2, 0.25) is 5.02 Å². The van der Waals surface area contributed by atoms with E-state index in [2.05, 4.69) is 5.32 Å². The largest absolute Gasteiger partial charge is 0.466 e. The number of hydrogen-bond acceptors (Lipinski definition) is 6. The second-order valence-corrected chi connectivity index (χ2v) is 6.80. The molecule has 2 aromatic heterocycles. The molecule has 0 saturated carbocycles. The number of benzene rings is 1. The van der Waals surface area contributed by atoms with Crippen LogP contribution in [0.1, 0.15) is 21.0 Å². The quantitative estimate of drug-likeness (QED) is 0.492. The molecule has 3 aromatic rings. The van der Waals surface area contributed by atoms with Gasteiger partial charge in [0, 0.05) is 16.0 Å². The van der Waals surface area contributed by atoms with E-state index in [0.717, 1.165) is 6.07 Å². The van der Waals surface area contributed by atoms with Gasteiger partial charge in [-0.1, -0.05) is 17.7 Å². The minimum absolute atomic E-state index is 0.185. The maximum atomic E-state index is 12.5. The predicted molar refractivity (Wildman–Crippen MR) is 96.5 cm³/mol. The van der Waals surface area contributed by atoms with Crippen molar-refractivity contribution < 1.29 is 19.2 Å². The molecule has 0 aliphatic heterocycles. The zero-order valence-electron chi connectivity index (χ0n) is 13.2. The molecule has 1 amide bonds. The van der Waals surface area contributed by atoms with Crippen LogP contribution in [0, 0.1) is 10.1 Å². The molecule has 0 bridgehead atoms. The van der Waals surface area contributed by atoms with Crippen molar-refractivity contribution in [3.8, 4) is 0 Å². The van der Waals surface area contributed by atoms with Crippen molar-refractivity contribution in [3.63, 3.8) is 0 Å². The zero-order chi connectivity index (χ0) is 18.7. The molecular weight excluding hydrogens is 380 g/mol. The molecule has 134 valence electrons. The van der Waals surface area contributed by atoms with Crippen LogP contribution in [0.3, 0.4) is 0 Å². The highest BCUT2D eigenvalue weighted by Crippen LogP contribution is 2.33. The Bertz CT molecular complexity index is 891. The first-order valence-corrected chi connectivity index (χ1v) is 8.70. The summed E-state index contributed by atoms with van der Waals surface area (Å²) in [5.74, 6) is -0.471. The van der Waals surface area contributed by atoms with Gasteiger partial charge in [0.2, 0.25) is 0 Å². The van der Waals surface area contributed by atoms with Crippen LogP contribution in [-0.2, 0) is 5.60 Å². The fraction of sp³-hybridized carbons (Fsp3) is 0.118. The summed E-state index contributed by atoms with van der Waals surface area (Å²) >= 11 is 7.15. The molecule has 2 N–H and O–H groups in total. The second-order valence-electron chi connectivity index (χ2n) is 5.42. The van der Waals surface area contributed by atoms with E-state index in [9.17, 15) is 20.0 Å². The lowest BCUT2D eigenvalue weighted by Crippen LogP contribution is -2.41. The lowest BCUT2D eigenvalue weighted by Gasteiger charge is -2.25. The SMILES string of the molecule is O=C(NCC(O)(c1ccco1)c1cccs1)c1cc(Cl)ccc1[N+](=O)[O-]. The number of nitrogens with one attached hydrogen (secondary N) is 1. The van der Waals surface area contributed by atoms with E-state index in [1.54, 1.807) is 29.6 Å². The highest BCUT2D eigenvalue weighted by Gasteiger charge is 2.36. The van der Waals surface area contributed by atoms with Crippen LogP contribution in [0.4, 0.5) is 5.69 Å². The number of nitrogens with zero attached hydrogens (tertiary/aromatic N) is 1. The van der Waals surface area contributed by atoms with Crippen molar-refractivity contribution in [2.24, 2.45) is 0 Å². The Morgan fingerprint density at radius 1 is 1.35 bits per heavy atom. The molecular formula is C17H13ClN2O5S. The molecule has 0 saturated heterocycles. The lowest BCUT2D eigenvalue weighted by atomic mass is 9.98. The van der Waals surface area contributed by atoms with Gasteiger partial charge in [-0.2, -0.15) is 0 Å². The summed E-state index contributed by atoms with van der Waals surface area (Å²) in [5.41, 5.74) is -2.15. The van der Waals surface area contributed by atoms with Gasteiger partial charge in [-0.15, -0.1) is 11.3 Å². The first kappa shape index (κ1) is 18.1. The summed E-state index contributed by atoms with van der Waals surface area (Å²) in [7, 11) is 0. The first-order chi connectivity index (χ1) is 12.4. The molecule has 7 nitrogen and oxygen atoms in total. The normalized spacial score (nSPS) is 13.2. The molecule has 0 aliphatic rings. The molecule has 1 atom stereocenters. The number of thiophene rings is 1. The van der Waals surface area contributed by atoms with Crippen molar-refractivity contribution in [1.82, 2.24) is 5.32 Å². The Hall–Kier alpha value is -2.68. The highest BCUT2D eigenvalue weighted by atomic mass is 35.5. The summed E-state index contributed by atoms with van der Waals surface area (Å²) in [6, 6.07) is 10.4. The molecule has 1 unspecified atom stereocenters. The molecule has 0 aliphatic carbocycles. The van der Waals surface area contributed by atoms with Crippen molar-refractivity contribution in [1.29, 1.82) is 0 Å². The Kier molecular flexibility index (Phi) is 5.08. The Morgan fingerprint density at radius 2 is 2.15 bits per heavy atom. The van der Waals surface area contributed by atoms with E-state index in [1.165, 1.54) is 29.7 Å². The number of nitro groups is 1. The molecule has 0 fully saturated rings. The summed E-state index contributed by atoms with van der Waals surface area (Å²) in [6.45, 7) is -0.233. The third kappa shape index (κ3) is 3.48. The number of nitro benzene ring substituents is 1. The molecule has 9 heteroatoms. The summed E-state index contributed by atoms with van der Waals surface area (Å²) in [6.07, 6.45) is 1.41. The van der Waals surface area contributed by atoms with Crippen molar-refractivity contribution in [3.05, 3.63) is 85.4 Å². The third-order valence-electron chi connectivity index (χ3n) is 3.76. The minimum Gasteiger partial charge on any atom is -0.466 e. The molecule has 0 radical (unpaired) electrons. The van der Waals surface area contributed by atoms with Crippen LogP contribution in [0.15, 0.2) is 58.5 Å². The monoisotopic (exact) mass is 392 g/mol. The summed E-state index contributed by atoms with van der Waals surface area (Å²) in [4.78, 5) is 23.5. The number of furan rings is 1. The maximum absolute atomic E-state index is 12.5. The highest BCUT2D eigenvalue weighted by molar-refractivity contribution is 7.10.